The van der Waals surface area contributed by atoms with Crippen LogP contribution in [0.1, 0.15) is 11.1 Å². The highest BCUT2D eigenvalue weighted by Gasteiger charge is 2.33. The molecule has 0 radical (unpaired) electrons. The molecule has 126 valence electrons. The molecule has 0 saturated carbocycles. The molecule has 24 heavy (non-hydrogen) atoms. The van der Waals surface area contributed by atoms with Crippen molar-refractivity contribution in [2.24, 2.45) is 0 Å². The fourth-order valence-electron chi connectivity index (χ4n) is 1.77. The van der Waals surface area contributed by atoms with Crippen molar-refractivity contribution in [2.75, 3.05) is 5.32 Å². The Labute approximate surface area is 139 Å². The summed E-state index contributed by atoms with van der Waals surface area (Å²) >= 11 is 5.49. The molecule has 0 aliphatic rings. The summed E-state index contributed by atoms with van der Waals surface area (Å²) in [4.78, 5) is 11.7. The van der Waals surface area contributed by atoms with Crippen molar-refractivity contribution in [3.05, 3.63) is 70.6 Å². The van der Waals surface area contributed by atoms with Gasteiger partial charge in [-0.15, -0.1) is 0 Å². The van der Waals surface area contributed by atoms with E-state index in [4.69, 9.17) is 11.6 Å². The van der Waals surface area contributed by atoms with E-state index >= 15 is 0 Å². The maximum Gasteiger partial charge on any atom is 0.417 e. The minimum absolute atomic E-state index is 0.0561. The minimum atomic E-state index is -4.62. The molecule has 0 unspecified atom stereocenters. The number of carbonyl (C=O) groups excluding carboxylic acids is 1. The first-order chi connectivity index (χ1) is 11.3. The van der Waals surface area contributed by atoms with Gasteiger partial charge in [-0.25, -0.2) is 9.18 Å². The summed E-state index contributed by atoms with van der Waals surface area (Å²) in [6.07, 6.45) is -1.83. The van der Waals surface area contributed by atoms with E-state index in [1.54, 1.807) is 0 Å². The topological polar surface area (TPSA) is 41.1 Å². The summed E-state index contributed by atoms with van der Waals surface area (Å²) in [7, 11) is 0. The number of urea groups is 1. The first-order valence-corrected chi connectivity index (χ1v) is 7.00. The van der Waals surface area contributed by atoms with Crippen molar-refractivity contribution in [2.45, 2.75) is 6.18 Å². The average molecular weight is 359 g/mol. The normalized spacial score (nSPS) is 11.5. The van der Waals surface area contributed by atoms with E-state index in [2.05, 4.69) is 10.6 Å². The minimum Gasteiger partial charge on any atom is -0.314 e. The van der Waals surface area contributed by atoms with Crippen LogP contribution >= 0.6 is 11.6 Å². The highest BCUT2D eigenvalue weighted by molar-refractivity contribution is 6.31. The Morgan fingerprint density at radius 1 is 1.08 bits per heavy atom. The molecule has 0 spiro atoms. The Morgan fingerprint density at radius 3 is 2.38 bits per heavy atom. The number of anilines is 1. The molecular weight excluding hydrogens is 348 g/mol. The number of benzene rings is 2. The lowest BCUT2D eigenvalue weighted by molar-refractivity contribution is -0.137. The highest BCUT2D eigenvalue weighted by Crippen LogP contribution is 2.36. The maximum absolute atomic E-state index is 12.7. The third-order valence-electron chi connectivity index (χ3n) is 2.89. The molecule has 2 N–H and O–H groups in total. The van der Waals surface area contributed by atoms with Crippen molar-refractivity contribution in [1.82, 2.24) is 5.32 Å². The second-order valence-corrected chi connectivity index (χ2v) is 5.08. The van der Waals surface area contributed by atoms with Crippen molar-refractivity contribution in [1.29, 1.82) is 0 Å². The fourth-order valence-corrected chi connectivity index (χ4v) is 2.00. The zero-order valence-corrected chi connectivity index (χ0v) is 12.8. The van der Waals surface area contributed by atoms with Gasteiger partial charge in [0.15, 0.2) is 0 Å². The van der Waals surface area contributed by atoms with Gasteiger partial charge in [-0.2, -0.15) is 13.2 Å². The zero-order chi connectivity index (χ0) is 17.7. The summed E-state index contributed by atoms with van der Waals surface area (Å²) in [5, 5.41) is 4.13. The van der Waals surface area contributed by atoms with Gasteiger partial charge in [0.05, 0.1) is 10.6 Å². The summed E-state index contributed by atoms with van der Waals surface area (Å²) in [6, 6.07) is 7.82. The third kappa shape index (κ3) is 4.99. The molecule has 0 saturated heterocycles. The van der Waals surface area contributed by atoms with Crippen LogP contribution in [0, 0.1) is 5.82 Å². The summed E-state index contributed by atoms with van der Waals surface area (Å²) < 4.78 is 50.9. The Morgan fingerprint density at radius 2 is 1.75 bits per heavy atom. The third-order valence-corrected chi connectivity index (χ3v) is 3.22. The average Bonchev–Trinajstić information content (AvgIpc) is 2.50. The summed E-state index contributed by atoms with van der Waals surface area (Å²) in [6.45, 7) is 0. The van der Waals surface area contributed by atoms with E-state index in [1.165, 1.54) is 42.6 Å². The van der Waals surface area contributed by atoms with Gasteiger partial charge in [-0.05, 0) is 42.0 Å². The molecule has 2 rings (SSSR count). The first kappa shape index (κ1) is 17.8. The Hall–Kier alpha value is -2.54. The molecule has 8 heteroatoms. The number of alkyl halides is 3. The molecule has 0 aromatic heterocycles. The SMILES string of the molecule is O=C(N/C=C/c1ccc(F)cc1)Nc1ccc(Cl)c(C(F)(F)F)c1. The highest BCUT2D eigenvalue weighted by atomic mass is 35.5. The van der Waals surface area contributed by atoms with Gasteiger partial charge in [-0.1, -0.05) is 23.7 Å². The summed E-state index contributed by atoms with van der Waals surface area (Å²) in [5.74, 6) is -0.388. The van der Waals surface area contributed by atoms with Crippen molar-refractivity contribution in [3.8, 4) is 0 Å². The molecule has 2 aromatic rings. The predicted molar refractivity (Wildman–Crippen MR) is 84.0 cm³/mol. The van der Waals surface area contributed by atoms with Crippen LogP contribution in [-0.4, -0.2) is 6.03 Å². The fraction of sp³-hybridized carbons (Fsp3) is 0.0625. The largest absolute Gasteiger partial charge is 0.417 e. The molecule has 2 amide bonds. The van der Waals surface area contributed by atoms with Crippen LogP contribution in [0.4, 0.5) is 28.0 Å². The number of halogens is 5. The molecule has 0 atom stereocenters. The van der Waals surface area contributed by atoms with E-state index in [1.807, 2.05) is 0 Å². The van der Waals surface area contributed by atoms with Gasteiger partial charge >= 0.3 is 12.2 Å². The van der Waals surface area contributed by atoms with E-state index < -0.39 is 22.8 Å². The number of rotatable bonds is 3. The van der Waals surface area contributed by atoms with Crippen LogP contribution in [-0.2, 0) is 6.18 Å². The van der Waals surface area contributed by atoms with Gasteiger partial charge in [-0.3, -0.25) is 0 Å². The van der Waals surface area contributed by atoms with Crippen LogP contribution in [0.25, 0.3) is 6.08 Å². The van der Waals surface area contributed by atoms with Crippen LogP contribution in [0.15, 0.2) is 48.7 Å². The van der Waals surface area contributed by atoms with E-state index in [0.29, 0.717) is 5.56 Å². The van der Waals surface area contributed by atoms with E-state index in [0.717, 1.165) is 12.1 Å². The second kappa shape index (κ2) is 7.35. The predicted octanol–water partition coefficient (Wildman–Crippen LogP) is 5.29. The van der Waals surface area contributed by atoms with Crippen LogP contribution < -0.4 is 10.6 Å². The second-order valence-electron chi connectivity index (χ2n) is 4.68. The molecular formula is C16H11ClF4N2O. The summed E-state index contributed by atoms with van der Waals surface area (Å²) in [5.41, 5.74) is -0.453. The molecule has 0 heterocycles. The Kier molecular flexibility index (Phi) is 5.46. The van der Waals surface area contributed by atoms with Crippen LogP contribution in [0.5, 0.6) is 0 Å². The zero-order valence-electron chi connectivity index (χ0n) is 12.0. The lowest BCUT2D eigenvalue weighted by atomic mass is 10.2. The smallest absolute Gasteiger partial charge is 0.314 e. The van der Waals surface area contributed by atoms with Crippen molar-refractivity contribution < 1.29 is 22.4 Å². The van der Waals surface area contributed by atoms with Crippen molar-refractivity contribution in [3.63, 3.8) is 0 Å². The van der Waals surface area contributed by atoms with Crippen LogP contribution in [0.2, 0.25) is 5.02 Å². The van der Waals surface area contributed by atoms with Crippen molar-refractivity contribution >= 4 is 29.4 Å². The lowest BCUT2D eigenvalue weighted by Gasteiger charge is -2.11. The molecule has 0 bridgehead atoms. The van der Waals surface area contributed by atoms with Gasteiger partial charge < -0.3 is 10.6 Å². The molecule has 2 aromatic carbocycles. The Balaban J connectivity index is 1.98. The molecule has 0 fully saturated rings. The number of carbonyl (C=O) groups is 1. The Bertz CT molecular complexity index is 758. The van der Waals surface area contributed by atoms with E-state index in [9.17, 15) is 22.4 Å². The van der Waals surface area contributed by atoms with Gasteiger partial charge in [0.25, 0.3) is 0 Å². The monoisotopic (exact) mass is 358 g/mol. The molecule has 0 aliphatic carbocycles. The molecule has 3 nitrogen and oxygen atoms in total. The number of nitrogens with one attached hydrogen (secondary N) is 2. The quantitative estimate of drug-likeness (QED) is 0.719. The number of hydrogen-bond donors (Lipinski definition) is 2. The number of amides is 2. The van der Waals surface area contributed by atoms with Gasteiger partial charge in [0, 0.05) is 11.9 Å². The number of hydrogen-bond acceptors (Lipinski definition) is 1. The molecule has 0 aliphatic heterocycles. The van der Waals surface area contributed by atoms with Gasteiger partial charge in [0.2, 0.25) is 0 Å². The van der Waals surface area contributed by atoms with E-state index in [-0.39, 0.29) is 11.5 Å². The first-order valence-electron chi connectivity index (χ1n) is 6.62. The van der Waals surface area contributed by atoms with Crippen LogP contribution in [0.3, 0.4) is 0 Å². The maximum atomic E-state index is 12.7. The van der Waals surface area contributed by atoms with Gasteiger partial charge in [0.1, 0.15) is 5.82 Å². The standard InChI is InChI=1S/C16H11ClF4N2O/c17-14-6-5-12(9-13(14)16(19,20)21)23-15(24)22-8-7-10-1-3-11(18)4-2-10/h1-9H,(H2,22,23,24)/b8-7+. The lowest BCUT2D eigenvalue weighted by Crippen LogP contribution is -2.24.